The van der Waals surface area contributed by atoms with Gasteiger partial charge in [0.15, 0.2) is 0 Å². The maximum Gasteiger partial charge on any atom is 0.0495 e. The fraction of sp³-hybridized carbons (Fsp3) is 0.818. The lowest BCUT2D eigenvalue weighted by Gasteiger charge is -1.94. The van der Waals surface area contributed by atoms with Gasteiger partial charge in [0.2, 0.25) is 0 Å². The Balaban J connectivity index is 2.13. The van der Waals surface area contributed by atoms with E-state index >= 15 is 0 Å². The molecule has 1 aliphatic rings. The second-order valence-electron chi connectivity index (χ2n) is 3.61. The van der Waals surface area contributed by atoms with E-state index in [0.29, 0.717) is 0 Å². The quantitative estimate of drug-likeness (QED) is 0.582. The third kappa shape index (κ3) is 2.25. The Kier molecular flexibility index (Phi) is 3.62. The lowest BCUT2D eigenvalue weighted by Crippen LogP contribution is -1.93. The zero-order valence-electron chi connectivity index (χ0n) is 8.26. The van der Waals surface area contributed by atoms with E-state index in [9.17, 15) is 0 Å². The number of rotatable bonds is 4. The van der Waals surface area contributed by atoms with Gasteiger partial charge in [-0.25, -0.2) is 0 Å². The Labute approximate surface area is 75.5 Å². The van der Waals surface area contributed by atoms with E-state index in [1.54, 1.807) is 7.11 Å². The van der Waals surface area contributed by atoms with Crippen molar-refractivity contribution in [1.82, 2.24) is 0 Å². The maximum absolute atomic E-state index is 5.14. The number of hydrogen-bond acceptors (Lipinski definition) is 1. The smallest absolute Gasteiger partial charge is 0.0495 e. The molecule has 0 heterocycles. The molecule has 0 saturated heterocycles. The fourth-order valence-electron chi connectivity index (χ4n) is 1.95. The van der Waals surface area contributed by atoms with Gasteiger partial charge in [-0.2, -0.15) is 0 Å². The lowest BCUT2D eigenvalue weighted by atomic mass is 10.2. The average molecular weight is 166 g/mol. The molecule has 0 aromatic rings. The molecule has 0 radical (unpaired) electrons. The second kappa shape index (κ2) is 4.52. The summed E-state index contributed by atoms with van der Waals surface area (Å²) in [5.74, 6) is 8.60. The summed E-state index contributed by atoms with van der Waals surface area (Å²) >= 11 is 0. The summed E-state index contributed by atoms with van der Waals surface area (Å²) in [6, 6.07) is 0. The van der Waals surface area contributed by atoms with Crippen LogP contribution < -0.4 is 0 Å². The summed E-state index contributed by atoms with van der Waals surface area (Å²) in [7, 11) is 1.79. The van der Waals surface area contributed by atoms with Gasteiger partial charge in [-0.1, -0.05) is 6.92 Å². The maximum atomic E-state index is 5.14. The zero-order chi connectivity index (χ0) is 8.97. The lowest BCUT2D eigenvalue weighted by molar-refractivity contribution is 0.177. The van der Waals surface area contributed by atoms with E-state index in [4.69, 9.17) is 4.74 Å². The second-order valence-corrected chi connectivity index (χ2v) is 3.61. The van der Waals surface area contributed by atoms with Gasteiger partial charge >= 0.3 is 0 Å². The Morgan fingerprint density at radius 1 is 1.33 bits per heavy atom. The van der Waals surface area contributed by atoms with E-state index in [2.05, 4.69) is 18.8 Å². The molecule has 1 rings (SSSR count). The molecule has 3 atom stereocenters. The Morgan fingerprint density at radius 3 is 2.67 bits per heavy atom. The topological polar surface area (TPSA) is 9.23 Å². The average Bonchev–Trinajstić information content (AvgIpc) is 2.65. The molecule has 0 N–H and O–H groups in total. The third-order valence-electron chi connectivity index (χ3n) is 2.90. The molecule has 0 aromatic carbocycles. The highest BCUT2D eigenvalue weighted by atomic mass is 16.5. The van der Waals surface area contributed by atoms with Gasteiger partial charge in [0.05, 0.1) is 0 Å². The normalized spacial score (nSPS) is 32.4. The van der Waals surface area contributed by atoms with E-state index in [0.717, 1.165) is 30.8 Å². The summed E-state index contributed by atoms with van der Waals surface area (Å²) in [6.07, 6.45) is 2.32. The molecule has 0 amide bonds. The highest BCUT2D eigenvalue weighted by Gasteiger charge is 2.45. The van der Waals surface area contributed by atoms with Gasteiger partial charge in [0.25, 0.3) is 0 Å². The number of hydrogen-bond donors (Lipinski definition) is 0. The van der Waals surface area contributed by atoms with Crippen LogP contribution in [-0.2, 0) is 4.74 Å². The molecule has 3 unspecified atom stereocenters. The standard InChI is InChI=1S/C11H18O/c1-4-5-6-7-10-9(2)11(10)8-12-3/h9-11H,6-8H2,1-3H3. The molecule has 0 aliphatic heterocycles. The van der Waals surface area contributed by atoms with Crippen molar-refractivity contribution >= 4 is 0 Å². The first-order valence-corrected chi connectivity index (χ1v) is 4.69. The van der Waals surface area contributed by atoms with Crippen molar-refractivity contribution in [2.75, 3.05) is 13.7 Å². The van der Waals surface area contributed by atoms with Crippen LogP contribution in [0.25, 0.3) is 0 Å². The third-order valence-corrected chi connectivity index (χ3v) is 2.90. The highest BCUT2D eigenvalue weighted by molar-refractivity contribution is 5.00. The number of ether oxygens (including phenoxy) is 1. The van der Waals surface area contributed by atoms with Gasteiger partial charge in [-0.05, 0) is 31.1 Å². The van der Waals surface area contributed by atoms with Crippen molar-refractivity contribution < 1.29 is 4.74 Å². The summed E-state index contributed by atoms with van der Waals surface area (Å²) < 4.78 is 5.14. The van der Waals surface area contributed by atoms with Crippen LogP contribution in [0, 0.1) is 29.6 Å². The monoisotopic (exact) mass is 166 g/mol. The van der Waals surface area contributed by atoms with Crippen molar-refractivity contribution in [2.24, 2.45) is 17.8 Å². The van der Waals surface area contributed by atoms with Gasteiger partial charge in [-0.15, -0.1) is 11.8 Å². The molecule has 12 heavy (non-hydrogen) atoms. The molecule has 0 bridgehead atoms. The van der Waals surface area contributed by atoms with Crippen molar-refractivity contribution in [3.63, 3.8) is 0 Å². The highest BCUT2D eigenvalue weighted by Crippen LogP contribution is 2.48. The SMILES string of the molecule is CC#CCCC1C(C)C1COC. The van der Waals surface area contributed by atoms with E-state index in [-0.39, 0.29) is 0 Å². The molecule has 0 spiro atoms. The first-order chi connectivity index (χ1) is 5.81. The van der Waals surface area contributed by atoms with Crippen molar-refractivity contribution in [1.29, 1.82) is 0 Å². The summed E-state index contributed by atoms with van der Waals surface area (Å²) in [4.78, 5) is 0. The minimum absolute atomic E-state index is 0.814. The predicted octanol–water partition coefficient (Wildman–Crippen LogP) is 2.32. The van der Waals surface area contributed by atoms with Gasteiger partial charge in [-0.3, -0.25) is 0 Å². The van der Waals surface area contributed by atoms with Crippen molar-refractivity contribution in [3.8, 4) is 11.8 Å². The summed E-state index contributed by atoms with van der Waals surface area (Å²) in [6.45, 7) is 5.15. The van der Waals surface area contributed by atoms with Crippen molar-refractivity contribution in [2.45, 2.75) is 26.7 Å². The van der Waals surface area contributed by atoms with Crippen LogP contribution in [0.15, 0.2) is 0 Å². The van der Waals surface area contributed by atoms with Crippen molar-refractivity contribution in [3.05, 3.63) is 0 Å². The zero-order valence-corrected chi connectivity index (χ0v) is 8.26. The number of methoxy groups -OCH3 is 1. The van der Waals surface area contributed by atoms with Crippen LogP contribution >= 0.6 is 0 Å². The summed E-state index contributed by atoms with van der Waals surface area (Å²) in [5.41, 5.74) is 0. The Hall–Kier alpha value is -0.480. The molecule has 1 saturated carbocycles. The van der Waals surface area contributed by atoms with Gasteiger partial charge in [0.1, 0.15) is 0 Å². The Bertz CT molecular complexity index is 187. The molecule has 1 fully saturated rings. The molecular formula is C11H18O. The van der Waals surface area contributed by atoms with Gasteiger partial charge in [0, 0.05) is 20.1 Å². The summed E-state index contributed by atoms with van der Waals surface area (Å²) in [5, 5.41) is 0. The van der Waals surface area contributed by atoms with Crippen LogP contribution in [0.4, 0.5) is 0 Å². The van der Waals surface area contributed by atoms with Crippen LogP contribution in [-0.4, -0.2) is 13.7 Å². The molecule has 1 heteroatoms. The molecular weight excluding hydrogens is 148 g/mol. The van der Waals surface area contributed by atoms with E-state index in [1.165, 1.54) is 6.42 Å². The molecule has 1 aliphatic carbocycles. The minimum atomic E-state index is 0.814. The van der Waals surface area contributed by atoms with Gasteiger partial charge < -0.3 is 4.74 Å². The first-order valence-electron chi connectivity index (χ1n) is 4.69. The van der Waals surface area contributed by atoms with E-state index in [1.807, 2.05) is 6.92 Å². The predicted molar refractivity (Wildman–Crippen MR) is 50.7 cm³/mol. The largest absolute Gasteiger partial charge is 0.384 e. The molecule has 1 nitrogen and oxygen atoms in total. The van der Waals surface area contributed by atoms with Crippen LogP contribution in [0.1, 0.15) is 26.7 Å². The fourth-order valence-corrected chi connectivity index (χ4v) is 1.95. The minimum Gasteiger partial charge on any atom is -0.384 e. The van der Waals surface area contributed by atoms with E-state index < -0.39 is 0 Å². The molecule has 0 aromatic heterocycles. The Morgan fingerprint density at radius 2 is 2.08 bits per heavy atom. The first kappa shape index (κ1) is 9.61. The van der Waals surface area contributed by atoms with Crippen LogP contribution in [0.2, 0.25) is 0 Å². The molecule has 68 valence electrons. The van der Waals surface area contributed by atoms with Crippen LogP contribution in [0.5, 0.6) is 0 Å². The van der Waals surface area contributed by atoms with Crippen LogP contribution in [0.3, 0.4) is 0 Å².